The number of hydrogen-bond donors (Lipinski definition) is 1. The smallest absolute Gasteiger partial charge is 0.243 e. The minimum atomic E-state index is -3.97. The number of amides is 2. The molecule has 0 radical (unpaired) electrons. The van der Waals surface area contributed by atoms with Gasteiger partial charge in [0, 0.05) is 32.1 Å². The van der Waals surface area contributed by atoms with Crippen LogP contribution in [0.5, 0.6) is 5.75 Å². The van der Waals surface area contributed by atoms with Crippen molar-refractivity contribution < 1.29 is 22.7 Å². The maximum atomic E-state index is 13.7. The second-order valence-corrected chi connectivity index (χ2v) is 10.9. The van der Waals surface area contributed by atoms with Crippen molar-refractivity contribution in [1.82, 2.24) is 14.5 Å². The standard InChI is InChI=1S/C27H30ClN3O5S/c1-29-27(33)25(17-20-8-5-4-6-9-20)31(18-21-10-7-11-23(16-21)36-3)26(32)19-30(2)37(34,35)24-14-12-22(28)13-15-24/h4-16,25H,17-19H2,1-3H3,(H,29,33)/t25-/m1/s1. The Labute approximate surface area is 222 Å². The minimum absolute atomic E-state index is 0.0127. The van der Waals surface area contributed by atoms with Crippen molar-refractivity contribution in [2.24, 2.45) is 0 Å². The average molecular weight is 544 g/mol. The molecule has 0 saturated carbocycles. The molecule has 3 rings (SSSR count). The van der Waals surface area contributed by atoms with Gasteiger partial charge in [0.25, 0.3) is 0 Å². The molecule has 3 aromatic rings. The van der Waals surface area contributed by atoms with Gasteiger partial charge in [-0.1, -0.05) is 54.1 Å². The topological polar surface area (TPSA) is 96.0 Å². The molecule has 0 bridgehead atoms. The van der Waals surface area contributed by atoms with Crippen LogP contribution in [0.1, 0.15) is 11.1 Å². The Hall–Kier alpha value is -3.40. The zero-order valence-corrected chi connectivity index (χ0v) is 22.5. The molecule has 0 aliphatic carbocycles. The predicted molar refractivity (Wildman–Crippen MR) is 143 cm³/mol. The summed E-state index contributed by atoms with van der Waals surface area (Å²) in [7, 11) is 0.408. The third-order valence-electron chi connectivity index (χ3n) is 5.88. The molecule has 0 saturated heterocycles. The van der Waals surface area contributed by atoms with E-state index in [0.29, 0.717) is 10.8 Å². The monoisotopic (exact) mass is 543 g/mol. The molecule has 0 fully saturated rings. The van der Waals surface area contributed by atoms with Crippen LogP contribution < -0.4 is 10.1 Å². The molecule has 196 valence electrons. The Morgan fingerprint density at radius 3 is 2.24 bits per heavy atom. The second kappa shape index (κ2) is 12.7. The van der Waals surface area contributed by atoms with Crippen LogP contribution in [-0.2, 0) is 32.6 Å². The molecule has 10 heteroatoms. The molecule has 37 heavy (non-hydrogen) atoms. The van der Waals surface area contributed by atoms with E-state index in [1.165, 1.54) is 43.3 Å². The van der Waals surface area contributed by atoms with Crippen LogP contribution >= 0.6 is 11.6 Å². The van der Waals surface area contributed by atoms with E-state index in [2.05, 4.69) is 5.32 Å². The largest absolute Gasteiger partial charge is 0.497 e. The molecule has 1 N–H and O–H groups in total. The third-order valence-corrected chi connectivity index (χ3v) is 7.95. The van der Waals surface area contributed by atoms with Gasteiger partial charge in [0.15, 0.2) is 0 Å². The Balaban J connectivity index is 1.95. The summed E-state index contributed by atoms with van der Waals surface area (Å²) < 4.78 is 32.5. The molecule has 2 amide bonds. The summed E-state index contributed by atoms with van der Waals surface area (Å²) in [5.41, 5.74) is 1.60. The van der Waals surface area contributed by atoms with Crippen LogP contribution in [-0.4, -0.2) is 63.2 Å². The number of methoxy groups -OCH3 is 1. The Kier molecular flexibility index (Phi) is 9.68. The Bertz CT molecular complexity index is 1320. The van der Waals surface area contributed by atoms with Crippen LogP contribution in [0.25, 0.3) is 0 Å². The van der Waals surface area contributed by atoms with Gasteiger partial charge in [0.1, 0.15) is 11.8 Å². The van der Waals surface area contributed by atoms with E-state index in [4.69, 9.17) is 16.3 Å². The van der Waals surface area contributed by atoms with Crippen molar-refractivity contribution in [3.63, 3.8) is 0 Å². The Morgan fingerprint density at radius 2 is 1.62 bits per heavy atom. The number of nitrogens with one attached hydrogen (secondary N) is 1. The van der Waals surface area contributed by atoms with E-state index in [0.717, 1.165) is 15.4 Å². The van der Waals surface area contributed by atoms with Gasteiger partial charge in [0.05, 0.1) is 18.6 Å². The number of hydrogen-bond acceptors (Lipinski definition) is 5. The maximum Gasteiger partial charge on any atom is 0.243 e. The first kappa shape index (κ1) is 28.2. The molecule has 0 heterocycles. The van der Waals surface area contributed by atoms with E-state index >= 15 is 0 Å². The number of rotatable bonds is 11. The van der Waals surface area contributed by atoms with Gasteiger partial charge in [-0.25, -0.2) is 8.42 Å². The van der Waals surface area contributed by atoms with Gasteiger partial charge in [-0.15, -0.1) is 0 Å². The third kappa shape index (κ3) is 7.31. The molecule has 0 aromatic heterocycles. The van der Waals surface area contributed by atoms with E-state index in [-0.39, 0.29) is 23.8 Å². The summed E-state index contributed by atoms with van der Waals surface area (Å²) in [5.74, 6) is -0.275. The molecule has 3 aromatic carbocycles. The van der Waals surface area contributed by atoms with Crippen molar-refractivity contribution >= 4 is 33.4 Å². The highest BCUT2D eigenvalue weighted by atomic mass is 35.5. The minimum Gasteiger partial charge on any atom is -0.497 e. The first-order chi connectivity index (χ1) is 17.6. The molecule has 0 spiro atoms. The number of ether oxygens (including phenoxy) is 1. The zero-order chi connectivity index (χ0) is 27.0. The summed E-state index contributed by atoms with van der Waals surface area (Å²) >= 11 is 5.89. The highest BCUT2D eigenvalue weighted by molar-refractivity contribution is 7.89. The molecule has 8 nitrogen and oxygen atoms in total. The van der Waals surface area contributed by atoms with Gasteiger partial charge < -0.3 is 15.0 Å². The highest BCUT2D eigenvalue weighted by Crippen LogP contribution is 2.21. The summed E-state index contributed by atoms with van der Waals surface area (Å²) in [6.45, 7) is -0.382. The van der Waals surface area contributed by atoms with Crippen molar-refractivity contribution in [2.75, 3.05) is 27.7 Å². The van der Waals surface area contributed by atoms with Crippen molar-refractivity contribution in [1.29, 1.82) is 0 Å². The number of carbonyl (C=O) groups is 2. The van der Waals surface area contributed by atoms with Crippen LogP contribution in [0.4, 0.5) is 0 Å². The molecule has 0 unspecified atom stereocenters. The fourth-order valence-corrected chi connectivity index (χ4v) is 5.09. The molecular weight excluding hydrogens is 514 g/mol. The van der Waals surface area contributed by atoms with E-state index < -0.39 is 28.5 Å². The van der Waals surface area contributed by atoms with E-state index in [9.17, 15) is 18.0 Å². The average Bonchev–Trinajstić information content (AvgIpc) is 2.91. The number of halogens is 1. The van der Waals surface area contributed by atoms with Gasteiger partial charge >= 0.3 is 0 Å². The molecule has 0 aliphatic rings. The highest BCUT2D eigenvalue weighted by Gasteiger charge is 2.32. The normalized spacial score (nSPS) is 12.1. The number of likely N-dealkylation sites (N-methyl/N-ethyl adjacent to an activating group) is 2. The van der Waals surface area contributed by atoms with Gasteiger partial charge in [-0.05, 0) is 47.5 Å². The lowest BCUT2D eigenvalue weighted by molar-refractivity contribution is -0.141. The molecule has 0 aliphatic heterocycles. The number of benzene rings is 3. The second-order valence-electron chi connectivity index (χ2n) is 8.41. The van der Waals surface area contributed by atoms with Crippen molar-refractivity contribution in [3.8, 4) is 5.75 Å². The fraction of sp³-hybridized carbons (Fsp3) is 0.259. The first-order valence-electron chi connectivity index (χ1n) is 11.6. The van der Waals surface area contributed by atoms with Crippen LogP contribution in [0.2, 0.25) is 5.02 Å². The lowest BCUT2D eigenvalue weighted by Crippen LogP contribution is -2.52. The lowest BCUT2D eigenvalue weighted by Gasteiger charge is -2.32. The van der Waals surface area contributed by atoms with Crippen LogP contribution in [0, 0.1) is 0 Å². The fourth-order valence-electron chi connectivity index (χ4n) is 3.84. The predicted octanol–water partition coefficient (Wildman–Crippen LogP) is 3.36. The van der Waals surface area contributed by atoms with Gasteiger partial charge in [0.2, 0.25) is 21.8 Å². The van der Waals surface area contributed by atoms with Crippen molar-refractivity contribution in [2.45, 2.75) is 23.9 Å². The van der Waals surface area contributed by atoms with E-state index in [1.807, 2.05) is 36.4 Å². The zero-order valence-electron chi connectivity index (χ0n) is 20.9. The van der Waals surface area contributed by atoms with Crippen LogP contribution in [0.15, 0.2) is 83.8 Å². The summed E-state index contributed by atoms with van der Waals surface area (Å²) in [4.78, 5) is 28.1. The number of nitrogens with zero attached hydrogens (tertiary/aromatic N) is 2. The summed E-state index contributed by atoms with van der Waals surface area (Å²) in [5, 5.41) is 3.04. The summed E-state index contributed by atoms with van der Waals surface area (Å²) in [6, 6.07) is 21.3. The van der Waals surface area contributed by atoms with Gasteiger partial charge in [-0.2, -0.15) is 4.31 Å². The number of sulfonamides is 1. The van der Waals surface area contributed by atoms with Gasteiger partial charge in [-0.3, -0.25) is 9.59 Å². The SMILES string of the molecule is CNC(=O)[C@@H](Cc1ccccc1)N(Cc1cccc(OC)c1)C(=O)CN(C)S(=O)(=O)c1ccc(Cl)cc1. The lowest BCUT2D eigenvalue weighted by atomic mass is 10.0. The molecule has 1 atom stereocenters. The quantitative estimate of drug-likeness (QED) is 0.400. The maximum absolute atomic E-state index is 13.7. The van der Waals surface area contributed by atoms with Crippen molar-refractivity contribution in [3.05, 3.63) is 95.0 Å². The molecular formula is C27H30ClN3O5S. The van der Waals surface area contributed by atoms with Crippen LogP contribution in [0.3, 0.4) is 0 Å². The summed E-state index contributed by atoms with van der Waals surface area (Å²) in [6.07, 6.45) is 0.254. The van der Waals surface area contributed by atoms with E-state index in [1.54, 1.807) is 25.3 Å². The first-order valence-corrected chi connectivity index (χ1v) is 13.4. The number of carbonyl (C=O) groups excluding carboxylic acids is 2. The Morgan fingerprint density at radius 1 is 0.973 bits per heavy atom.